The van der Waals surface area contributed by atoms with Gasteiger partial charge in [0.25, 0.3) is 0 Å². The Kier molecular flexibility index (Phi) is 4.70. The fraction of sp³-hybridized carbons (Fsp3) is 0.409. The normalized spacial score (nSPS) is 16.5. The van der Waals surface area contributed by atoms with Crippen LogP contribution in [0.2, 0.25) is 0 Å². The van der Waals surface area contributed by atoms with E-state index < -0.39 is 10.0 Å². The molecule has 1 aliphatic rings. The number of ketones is 1. The maximum atomic E-state index is 13.3. The Morgan fingerprint density at radius 2 is 2.00 bits per heavy atom. The third kappa shape index (κ3) is 3.42. The number of fused-ring (bicyclic) bond motifs is 3. The Labute approximate surface area is 170 Å². The number of aromatic nitrogens is 1. The van der Waals surface area contributed by atoms with Crippen molar-refractivity contribution in [3.63, 3.8) is 0 Å². The second-order valence-electron chi connectivity index (χ2n) is 8.62. The number of carbonyl (C=O) groups is 1. The van der Waals surface area contributed by atoms with Gasteiger partial charge in [-0.3, -0.25) is 4.79 Å². The number of Topliss-reactive ketones (excluding diaryl/α,β-unsaturated/α-hetero) is 1. The molecule has 7 heteroatoms. The molecule has 1 aliphatic carbocycles. The lowest BCUT2D eigenvalue weighted by Gasteiger charge is -2.28. The molecule has 0 bridgehead atoms. The lowest BCUT2D eigenvalue weighted by molar-refractivity contribution is 0.0913. The molecule has 29 heavy (non-hydrogen) atoms. The first kappa shape index (κ1) is 19.9. The average Bonchev–Trinajstić information content (AvgIpc) is 3.25. The first-order chi connectivity index (χ1) is 13.6. The largest absolute Gasteiger partial charge is 0.468 e. The molecule has 0 radical (unpaired) electrons. The van der Waals surface area contributed by atoms with Crippen LogP contribution < -0.4 is 0 Å². The molecule has 6 nitrogen and oxygen atoms in total. The van der Waals surface area contributed by atoms with Crippen LogP contribution >= 0.6 is 0 Å². The van der Waals surface area contributed by atoms with E-state index in [1.54, 1.807) is 25.2 Å². The predicted octanol–water partition coefficient (Wildman–Crippen LogP) is 4.30. The highest BCUT2D eigenvalue weighted by Gasteiger charge is 2.34. The minimum absolute atomic E-state index is 0.100. The molecule has 0 atom stereocenters. The molecule has 0 aliphatic heterocycles. The van der Waals surface area contributed by atoms with Crippen LogP contribution in [0.4, 0.5) is 0 Å². The van der Waals surface area contributed by atoms with E-state index >= 15 is 0 Å². The second-order valence-corrected chi connectivity index (χ2v) is 10.6. The molecule has 0 unspecified atom stereocenters. The van der Waals surface area contributed by atoms with Gasteiger partial charge < -0.3 is 9.40 Å². The van der Waals surface area contributed by atoms with Crippen molar-refractivity contribution in [3.8, 4) is 0 Å². The van der Waals surface area contributed by atoms with Gasteiger partial charge >= 0.3 is 0 Å². The van der Waals surface area contributed by atoms with E-state index in [9.17, 15) is 13.2 Å². The van der Waals surface area contributed by atoms with Crippen LogP contribution in [0.1, 0.15) is 54.6 Å². The molecule has 2 aromatic heterocycles. The summed E-state index contributed by atoms with van der Waals surface area (Å²) in [6.45, 7) is 6.24. The highest BCUT2D eigenvalue weighted by molar-refractivity contribution is 7.89. The van der Waals surface area contributed by atoms with Gasteiger partial charge in [0.15, 0.2) is 5.78 Å². The van der Waals surface area contributed by atoms with Gasteiger partial charge in [0, 0.05) is 35.6 Å². The van der Waals surface area contributed by atoms with Gasteiger partial charge in [-0.1, -0.05) is 20.8 Å². The molecular weight excluding hydrogens is 388 g/mol. The van der Waals surface area contributed by atoms with Crippen molar-refractivity contribution < 1.29 is 17.6 Å². The summed E-state index contributed by atoms with van der Waals surface area (Å²) in [4.78, 5) is 16.4. The van der Waals surface area contributed by atoms with Crippen LogP contribution in [-0.4, -0.2) is 30.5 Å². The van der Waals surface area contributed by atoms with Gasteiger partial charge in [-0.15, -0.1) is 0 Å². The summed E-state index contributed by atoms with van der Waals surface area (Å²) in [5, 5.41) is 0.824. The number of nitrogens with one attached hydrogen (secondary N) is 1. The molecule has 1 aromatic carbocycles. The zero-order chi connectivity index (χ0) is 21.0. The smallest absolute Gasteiger partial charge is 0.243 e. The van der Waals surface area contributed by atoms with Crippen molar-refractivity contribution in [1.29, 1.82) is 0 Å². The number of sulfonamides is 1. The van der Waals surface area contributed by atoms with Crippen molar-refractivity contribution in [1.82, 2.24) is 9.29 Å². The Balaban J connectivity index is 1.82. The zero-order valence-corrected chi connectivity index (χ0v) is 18.0. The van der Waals surface area contributed by atoms with Gasteiger partial charge in [0.1, 0.15) is 5.76 Å². The number of H-pyrrole nitrogens is 1. The number of aryl methyl sites for hydroxylation is 1. The fourth-order valence-corrected chi connectivity index (χ4v) is 5.66. The molecular formula is C22H26N2O4S. The minimum atomic E-state index is -3.72. The van der Waals surface area contributed by atoms with Crippen LogP contribution in [0, 0.1) is 5.41 Å². The van der Waals surface area contributed by atoms with E-state index in [4.69, 9.17) is 4.42 Å². The monoisotopic (exact) mass is 414 g/mol. The van der Waals surface area contributed by atoms with E-state index in [1.165, 1.54) is 10.6 Å². The number of benzene rings is 1. The molecule has 154 valence electrons. The maximum Gasteiger partial charge on any atom is 0.243 e. The number of rotatable bonds is 5. The van der Waals surface area contributed by atoms with Crippen LogP contribution in [0.25, 0.3) is 10.9 Å². The van der Waals surface area contributed by atoms with Crippen LogP contribution in [-0.2, 0) is 29.4 Å². The first-order valence-electron chi connectivity index (χ1n) is 9.82. The molecule has 2 heterocycles. The van der Waals surface area contributed by atoms with Crippen molar-refractivity contribution in [2.45, 2.75) is 51.5 Å². The molecule has 0 saturated carbocycles. The van der Waals surface area contributed by atoms with Crippen molar-refractivity contribution >= 4 is 26.7 Å². The number of carbonyl (C=O) groups excluding carboxylic acids is 1. The van der Waals surface area contributed by atoms with Crippen molar-refractivity contribution in [2.75, 3.05) is 7.05 Å². The summed E-state index contributed by atoms with van der Waals surface area (Å²) in [7, 11) is -2.17. The van der Waals surface area contributed by atoms with Gasteiger partial charge in [0.05, 0.1) is 17.7 Å². The quantitative estimate of drug-likeness (QED) is 0.675. The number of hydrogen-bond acceptors (Lipinski definition) is 4. The lowest BCUT2D eigenvalue weighted by Crippen LogP contribution is -2.27. The van der Waals surface area contributed by atoms with E-state index in [0.717, 1.165) is 23.1 Å². The molecule has 0 fully saturated rings. The summed E-state index contributed by atoms with van der Waals surface area (Å²) in [5.74, 6) is 0.702. The highest BCUT2D eigenvalue weighted by Crippen LogP contribution is 2.39. The Morgan fingerprint density at radius 1 is 1.24 bits per heavy atom. The molecule has 3 aromatic rings. The maximum absolute atomic E-state index is 13.3. The molecule has 1 N–H and O–H groups in total. The topological polar surface area (TPSA) is 83.4 Å². The van der Waals surface area contributed by atoms with Gasteiger partial charge in [0.2, 0.25) is 10.0 Å². The molecule has 4 rings (SSSR count). The summed E-state index contributed by atoms with van der Waals surface area (Å²) < 4.78 is 33.2. The second kappa shape index (κ2) is 6.85. The van der Waals surface area contributed by atoms with Crippen LogP contribution in [0.5, 0.6) is 0 Å². The van der Waals surface area contributed by atoms with Crippen LogP contribution in [0.3, 0.4) is 0 Å². The van der Waals surface area contributed by atoms with E-state index in [1.807, 2.05) is 13.0 Å². The number of aromatic amines is 1. The Morgan fingerprint density at radius 3 is 2.66 bits per heavy atom. The van der Waals surface area contributed by atoms with E-state index in [0.29, 0.717) is 29.7 Å². The van der Waals surface area contributed by atoms with Crippen molar-refractivity contribution in [2.24, 2.45) is 5.41 Å². The van der Waals surface area contributed by atoms with Crippen LogP contribution in [0.15, 0.2) is 39.8 Å². The molecule has 0 spiro atoms. The van der Waals surface area contributed by atoms with E-state index in [2.05, 4.69) is 18.8 Å². The third-order valence-electron chi connectivity index (χ3n) is 5.66. The Hall–Kier alpha value is -2.38. The predicted molar refractivity (Wildman–Crippen MR) is 111 cm³/mol. The highest BCUT2D eigenvalue weighted by atomic mass is 32.2. The van der Waals surface area contributed by atoms with Gasteiger partial charge in [-0.2, -0.15) is 4.31 Å². The average molecular weight is 415 g/mol. The van der Waals surface area contributed by atoms with Crippen molar-refractivity contribution in [3.05, 3.63) is 53.1 Å². The first-order valence-corrected chi connectivity index (χ1v) is 11.3. The molecule has 0 saturated heterocycles. The number of hydrogen-bond donors (Lipinski definition) is 1. The van der Waals surface area contributed by atoms with E-state index in [-0.39, 0.29) is 22.6 Å². The third-order valence-corrected chi connectivity index (χ3v) is 7.54. The lowest BCUT2D eigenvalue weighted by atomic mass is 9.76. The zero-order valence-electron chi connectivity index (χ0n) is 17.2. The summed E-state index contributed by atoms with van der Waals surface area (Å²) in [5.41, 5.74) is 2.94. The van der Waals surface area contributed by atoms with Gasteiger partial charge in [-0.25, -0.2) is 8.42 Å². The molecule has 0 amide bonds. The summed E-state index contributed by atoms with van der Waals surface area (Å²) in [6.07, 6.45) is 3.35. The fourth-order valence-electron chi connectivity index (χ4n) is 4.23. The number of furan rings is 1. The number of nitrogens with zero attached hydrogens (tertiary/aromatic N) is 1. The standard InChI is InChI=1S/C22H26N2O4S/c1-5-14-9-16-17(23-18-11-22(2,3)12-19(25)21(16)18)10-20(14)29(26,27)24(4)13-15-7-6-8-28-15/h6-10,23H,5,11-13H2,1-4H3. The summed E-state index contributed by atoms with van der Waals surface area (Å²) in [6, 6.07) is 7.04. The Bertz CT molecular complexity index is 1190. The summed E-state index contributed by atoms with van der Waals surface area (Å²) >= 11 is 0. The minimum Gasteiger partial charge on any atom is -0.468 e. The SMILES string of the molecule is CCc1cc2c3c([nH]c2cc1S(=O)(=O)N(C)Cc1ccco1)CC(C)(C)CC3=O. The van der Waals surface area contributed by atoms with Gasteiger partial charge in [-0.05, 0) is 48.1 Å².